The Bertz CT molecular complexity index is 945. The van der Waals surface area contributed by atoms with E-state index in [0.717, 1.165) is 0 Å². The van der Waals surface area contributed by atoms with E-state index >= 15 is 0 Å². The molecule has 0 aromatic heterocycles. The van der Waals surface area contributed by atoms with Gasteiger partial charge in [-0.3, -0.25) is 19.2 Å². The minimum atomic E-state index is -1.49. The zero-order valence-electron chi connectivity index (χ0n) is 24.6. The summed E-state index contributed by atoms with van der Waals surface area (Å²) in [4.78, 5) is 53.8. The molecular formula is C26H43N3O9. The molecule has 0 bridgehead atoms. The molecule has 1 saturated heterocycles. The van der Waals surface area contributed by atoms with Crippen molar-refractivity contribution >= 4 is 23.9 Å². The van der Waals surface area contributed by atoms with Crippen LogP contribution in [0.5, 0.6) is 0 Å². The third-order valence-electron chi connectivity index (χ3n) is 5.33. The maximum absolute atomic E-state index is 12.9. The second-order valence-electron chi connectivity index (χ2n) is 13.5. The molecule has 216 valence electrons. The van der Waals surface area contributed by atoms with Crippen molar-refractivity contribution in [3.63, 3.8) is 0 Å². The first-order valence-electron chi connectivity index (χ1n) is 12.5. The van der Waals surface area contributed by atoms with Crippen LogP contribution in [0.15, 0.2) is 5.11 Å². The van der Waals surface area contributed by atoms with E-state index in [1.807, 2.05) is 0 Å². The zero-order chi connectivity index (χ0) is 29.9. The number of hydrogen-bond acceptors (Lipinski definition) is 10. The molecule has 1 unspecified atom stereocenters. The Balaban J connectivity index is 3.57. The van der Waals surface area contributed by atoms with E-state index in [9.17, 15) is 24.7 Å². The second kappa shape index (κ2) is 11.9. The predicted octanol–water partition coefficient (Wildman–Crippen LogP) is 4.48. The molecule has 0 aliphatic carbocycles. The normalized spacial score (nSPS) is 23.1. The fraction of sp³-hybridized carbons (Fsp3) is 0.846. The molecule has 0 aromatic carbocycles. The molecule has 12 nitrogen and oxygen atoms in total. The van der Waals surface area contributed by atoms with Crippen LogP contribution in [0.1, 0.15) is 83.1 Å². The Morgan fingerprint density at radius 2 is 1.11 bits per heavy atom. The Morgan fingerprint density at radius 1 is 0.711 bits per heavy atom. The van der Waals surface area contributed by atoms with Crippen molar-refractivity contribution in [2.75, 3.05) is 6.61 Å². The largest absolute Gasteiger partial charge is 0.465 e. The summed E-state index contributed by atoms with van der Waals surface area (Å²) in [5.41, 5.74) is 5.54. The van der Waals surface area contributed by atoms with Crippen LogP contribution in [0.3, 0.4) is 0 Å². The SMILES string of the molecule is CC(C)(C)C(=O)OC[C@@H](N=[N+]=[N-])[C@@H]1OC(OC(=O)C(C)(C)C)[C@H](OC(=O)C(C)(C)C)[C@H]1OC(=O)C(C)(C)C. The average Bonchev–Trinajstić information content (AvgIpc) is 3.04. The van der Waals surface area contributed by atoms with Gasteiger partial charge in [-0.25, -0.2) is 0 Å². The Labute approximate surface area is 224 Å². The van der Waals surface area contributed by atoms with Crippen molar-refractivity contribution in [2.45, 2.75) is 114 Å². The first kappa shape index (κ1) is 33.2. The molecule has 0 N–H and O–H groups in total. The lowest BCUT2D eigenvalue weighted by atomic mass is 9.95. The molecule has 0 radical (unpaired) electrons. The van der Waals surface area contributed by atoms with Gasteiger partial charge >= 0.3 is 23.9 Å². The summed E-state index contributed by atoms with van der Waals surface area (Å²) in [6.07, 6.45) is -5.51. The molecule has 1 fully saturated rings. The van der Waals surface area contributed by atoms with Crippen molar-refractivity contribution in [1.29, 1.82) is 0 Å². The maximum atomic E-state index is 12.9. The summed E-state index contributed by atoms with van der Waals surface area (Å²) in [5.74, 6) is -2.56. The molecule has 0 spiro atoms. The molecule has 5 atom stereocenters. The molecule has 1 heterocycles. The molecule has 1 aliphatic heterocycles. The molecule has 0 aromatic rings. The van der Waals surface area contributed by atoms with Crippen molar-refractivity contribution in [2.24, 2.45) is 26.8 Å². The molecule has 1 rings (SSSR count). The van der Waals surface area contributed by atoms with Crippen molar-refractivity contribution < 1.29 is 42.9 Å². The standard InChI is InChI=1S/C26H43N3O9/c1-23(2,3)19(30)34-13-14(28-29-27)15-16(36-20(31)24(4,5)6)17(37-21(32)25(7,8)9)18(35-15)38-22(33)26(10,11)12/h14-18H,13H2,1-12H3/t14-,15+,16+,17-,18?/m1/s1. The predicted molar refractivity (Wildman–Crippen MR) is 136 cm³/mol. The van der Waals surface area contributed by atoms with E-state index in [0.29, 0.717) is 0 Å². The maximum Gasteiger partial charge on any atom is 0.313 e. The molecule has 12 heteroatoms. The highest BCUT2D eigenvalue weighted by Gasteiger charge is 2.56. The minimum absolute atomic E-state index is 0.422. The summed E-state index contributed by atoms with van der Waals surface area (Å²) < 4.78 is 28.3. The number of carbonyl (C=O) groups excluding carboxylic acids is 4. The Kier molecular flexibility index (Phi) is 10.4. The summed E-state index contributed by atoms with van der Waals surface area (Å²) in [5, 5.41) is 3.71. The van der Waals surface area contributed by atoms with E-state index in [1.54, 1.807) is 83.1 Å². The Morgan fingerprint density at radius 3 is 1.50 bits per heavy atom. The molecule has 0 saturated carbocycles. The van der Waals surface area contributed by atoms with E-state index < -0.39 is 82.8 Å². The van der Waals surface area contributed by atoms with Crippen LogP contribution in [0.4, 0.5) is 0 Å². The summed E-state index contributed by atoms with van der Waals surface area (Å²) in [6.45, 7) is 19.2. The van der Waals surface area contributed by atoms with Gasteiger partial charge < -0.3 is 23.7 Å². The lowest BCUT2D eigenvalue weighted by molar-refractivity contribution is -0.207. The molecular weight excluding hydrogens is 498 g/mol. The lowest BCUT2D eigenvalue weighted by Crippen LogP contribution is -2.48. The molecule has 38 heavy (non-hydrogen) atoms. The van der Waals surface area contributed by atoms with E-state index in [1.165, 1.54) is 0 Å². The first-order chi connectivity index (χ1) is 17.0. The van der Waals surface area contributed by atoms with E-state index in [-0.39, 0.29) is 0 Å². The molecule has 0 amide bonds. The van der Waals surface area contributed by atoms with E-state index in [2.05, 4.69) is 10.0 Å². The smallest absolute Gasteiger partial charge is 0.313 e. The highest BCUT2D eigenvalue weighted by Crippen LogP contribution is 2.35. The summed E-state index contributed by atoms with van der Waals surface area (Å²) in [6, 6.07) is -1.21. The van der Waals surface area contributed by atoms with Crippen molar-refractivity contribution in [3.8, 4) is 0 Å². The van der Waals surface area contributed by atoms with Gasteiger partial charge in [0, 0.05) is 4.91 Å². The summed E-state index contributed by atoms with van der Waals surface area (Å²) >= 11 is 0. The fourth-order valence-electron chi connectivity index (χ4n) is 2.83. The van der Waals surface area contributed by atoms with Crippen LogP contribution < -0.4 is 0 Å². The quantitative estimate of drug-likeness (QED) is 0.148. The number of rotatable bonds is 7. The summed E-state index contributed by atoms with van der Waals surface area (Å²) in [7, 11) is 0. The topological polar surface area (TPSA) is 163 Å². The Hall–Kier alpha value is -2.85. The number of azide groups is 1. The zero-order valence-corrected chi connectivity index (χ0v) is 24.6. The van der Waals surface area contributed by atoms with Gasteiger partial charge in [-0.2, -0.15) is 0 Å². The number of ether oxygens (including phenoxy) is 5. The third kappa shape index (κ3) is 9.16. The average molecular weight is 542 g/mol. The number of nitrogens with zero attached hydrogens (tertiary/aromatic N) is 3. The van der Waals surface area contributed by atoms with Crippen molar-refractivity contribution in [1.82, 2.24) is 0 Å². The van der Waals surface area contributed by atoms with Gasteiger partial charge in [0.05, 0.1) is 21.7 Å². The number of esters is 4. The first-order valence-corrected chi connectivity index (χ1v) is 12.5. The van der Waals surface area contributed by atoms with Crippen LogP contribution in [-0.2, 0) is 42.9 Å². The number of hydrogen-bond donors (Lipinski definition) is 0. The van der Waals surface area contributed by atoms with Crippen LogP contribution in [0.25, 0.3) is 10.4 Å². The van der Waals surface area contributed by atoms with Gasteiger partial charge in [-0.15, -0.1) is 0 Å². The van der Waals surface area contributed by atoms with Gasteiger partial charge in [0.1, 0.15) is 18.8 Å². The number of carbonyl (C=O) groups is 4. The van der Waals surface area contributed by atoms with Crippen LogP contribution in [0.2, 0.25) is 0 Å². The van der Waals surface area contributed by atoms with Crippen LogP contribution in [0, 0.1) is 21.7 Å². The highest BCUT2D eigenvalue weighted by atomic mass is 16.7. The molecule has 1 aliphatic rings. The van der Waals surface area contributed by atoms with Gasteiger partial charge in [0.2, 0.25) is 12.4 Å². The van der Waals surface area contributed by atoms with Gasteiger partial charge in [0.25, 0.3) is 0 Å². The van der Waals surface area contributed by atoms with Crippen molar-refractivity contribution in [3.05, 3.63) is 10.4 Å². The third-order valence-corrected chi connectivity index (χ3v) is 5.33. The second-order valence-corrected chi connectivity index (χ2v) is 13.5. The van der Waals surface area contributed by atoms with Gasteiger partial charge in [0.15, 0.2) is 6.10 Å². The van der Waals surface area contributed by atoms with Gasteiger partial charge in [-0.1, -0.05) is 5.11 Å². The fourth-order valence-corrected chi connectivity index (χ4v) is 2.83. The van der Waals surface area contributed by atoms with Crippen LogP contribution in [-0.4, -0.2) is 61.1 Å². The monoisotopic (exact) mass is 541 g/mol. The highest BCUT2D eigenvalue weighted by molar-refractivity contribution is 5.78. The minimum Gasteiger partial charge on any atom is -0.465 e. The van der Waals surface area contributed by atoms with Crippen LogP contribution >= 0.6 is 0 Å². The van der Waals surface area contributed by atoms with E-state index in [4.69, 9.17) is 23.7 Å². The van der Waals surface area contributed by atoms with Gasteiger partial charge in [-0.05, 0) is 88.6 Å². The lowest BCUT2D eigenvalue weighted by Gasteiger charge is -2.30.